The van der Waals surface area contributed by atoms with E-state index in [1.807, 2.05) is 29.0 Å². The van der Waals surface area contributed by atoms with Gasteiger partial charge < -0.3 is 19.9 Å². The zero-order chi connectivity index (χ0) is 22.2. The molecule has 0 unspecified atom stereocenters. The summed E-state index contributed by atoms with van der Waals surface area (Å²) in [4.78, 5) is 20.6. The van der Waals surface area contributed by atoms with Crippen LogP contribution in [-0.2, 0) is 24.4 Å². The Morgan fingerprint density at radius 1 is 1.16 bits per heavy atom. The molecule has 32 heavy (non-hydrogen) atoms. The number of benzene rings is 2. The average Bonchev–Trinajstić information content (AvgIpc) is 3.19. The van der Waals surface area contributed by atoms with Crippen molar-refractivity contribution in [2.75, 3.05) is 20.6 Å². The number of halogens is 3. The maximum Gasteiger partial charge on any atom is 0.387 e. The van der Waals surface area contributed by atoms with Gasteiger partial charge in [0, 0.05) is 46.7 Å². The topological polar surface area (TPSA) is 57.2 Å². The summed E-state index contributed by atoms with van der Waals surface area (Å²) < 4.78 is 28.9. The molecule has 3 rings (SSSR count). The number of rotatable bonds is 8. The zero-order valence-corrected chi connectivity index (χ0v) is 20.6. The molecule has 0 bridgehead atoms. The number of hydrogen-bond donors (Lipinski definition) is 1. The first-order valence-corrected chi connectivity index (χ1v) is 10.3. The van der Waals surface area contributed by atoms with Crippen molar-refractivity contribution >= 4 is 35.8 Å². The van der Waals surface area contributed by atoms with Gasteiger partial charge in [0.2, 0.25) is 5.91 Å². The second-order valence-electron chi connectivity index (χ2n) is 7.47. The van der Waals surface area contributed by atoms with Crippen LogP contribution in [0.25, 0.3) is 0 Å². The molecular formula is C23H29F2IN4O2. The van der Waals surface area contributed by atoms with Gasteiger partial charge in [-0.3, -0.25) is 9.79 Å². The number of amides is 1. The monoisotopic (exact) mass is 558 g/mol. The fourth-order valence-corrected chi connectivity index (χ4v) is 3.62. The summed E-state index contributed by atoms with van der Waals surface area (Å²) in [6.45, 7) is -0.268. The SMILES string of the molecule is CN=C(NCCCC(=O)N1Cc2ccccc2C1)N(C)Cc1ccc(OC(F)F)cc1.I. The van der Waals surface area contributed by atoms with Gasteiger partial charge in [-0.1, -0.05) is 36.4 Å². The van der Waals surface area contributed by atoms with Crippen molar-refractivity contribution in [3.05, 3.63) is 65.2 Å². The molecule has 0 aromatic heterocycles. The number of ether oxygens (including phenoxy) is 1. The van der Waals surface area contributed by atoms with E-state index in [1.54, 1.807) is 19.2 Å². The summed E-state index contributed by atoms with van der Waals surface area (Å²) in [7, 11) is 3.59. The van der Waals surface area contributed by atoms with Crippen LogP contribution in [0.2, 0.25) is 0 Å². The van der Waals surface area contributed by atoms with E-state index in [2.05, 4.69) is 27.2 Å². The lowest BCUT2D eigenvalue weighted by Gasteiger charge is -2.22. The van der Waals surface area contributed by atoms with Gasteiger partial charge in [-0.05, 0) is 35.2 Å². The predicted molar refractivity (Wildman–Crippen MR) is 131 cm³/mol. The minimum Gasteiger partial charge on any atom is -0.435 e. The number of carbonyl (C=O) groups excluding carboxylic acids is 1. The number of guanidine groups is 1. The van der Waals surface area contributed by atoms with Gasteiger partial charge in [-0.25, -0.2) is 0 Å². The van der Waals surface area contributed by atoms with Gasteiger partial charge in [0.15, 0.2) is 5.96 Å². The largest absolute Gasteiger partial charge is 0.435 e. The molecular weight excluding hydrogens is 529 g/mol. The molecule has 6 nitrogen and oxygen atoms in total. The maximum atomic E-state index is 12.5. The van der Waals surface area contributed by atoms with Crippen LogP contribution in [-0.4, -0.2) is 48.9 Å². The van der Waals surface area contributed by atoms with E-state index in [-0.39, 0.29) is 35.6 Å². The van der Waals surface area contributed by atoms with Crippen molar-refractivity contribution in [2.24, 2.45) is 4.99 Å². The number of hydrogen-bond acceptors (Lipinski definition) is 3. The lowest BCUT2D eigenvalue weighted by molar-refractivity contribution is -0.131. The van der Waals surface area contributed by atoms with Gasteiger partial charge >= 0.3 is 6.61 Å². The molecule has 0 radical (unpaired) electrons. The minimum absolute atomic E-state index is 0. The van der Waals surface area contributed by atoms with Gasteiger partial charge in [0.1, 0.15) is 5.75 Å². The van der Waals surface area contributed by atoms with Crippen LogP contribution < -0.4 is 10.1 Å². The van der Waals surface area contributed by atoms with E-state index in [0.29, 0.717) is 45.0 Å². The Morgan fingerprint density at radius 3 is 2.34 bits per heavy atom. The standard InChI is InChI=1S/C23H28F2N4O2.HI/c1-26-23(28(2)14-17-9-11-20(12-10-17)31-22(24)25)27-13-5-8-21(30)29-15-18-6-3-4-7-19(18)16-29;/h3-4,6-7,9-12,22H,5,8,13-16H2,1-2H3,(H,26,27);1H. The van der Waals surface area contributed by atoms with Crippen LogP contribution in [0.3, 0.4) is 0 Å². The smallest absolute Gasteiger partial charge is 0.387 e. The fourth-order valence-electron chi connectivity index (χ4n) is 3.62. The first kappa shape index (κ1) is 25.8. The number of nitrogens with zero attached hydrogens (tertiary/aromatic N) is 3. The third-order valence-corrected chi connectivity index (χ3v) is 5.19. The molecule has 0 spiro atoms. The second kappa shape index (κ2) is 12.6. The number of nitrogens with one attached hydrogen (secondary N) is 1. The van der Waals surface area contributed by atoms with Crippen LogP contribution >= 0.6 is 24.0 Å². The molecule has 174 valence electrons. The Kier molecular flexibility index (Phi) is 10.1. The molecule has 0 saturated carbocycles. The highest BCUT2D eigenvalue weighted by molar-refractivity contribution is 14.0. The summed E-state index contributed by atoms with van der Waals surface area (Å²) in [6, 6.07) is 14.7. The quantitative estimate of drug-likeness (QED) is 0.228. The average molecular weight is 558 g/mol. The van der Waals surface area contributed by atoms with Gasteiger partial charge in [0.25, 0.3) is 0 Å². The van der Waals surface area contributed by atoms with Gasteiger partial charge in [0.05, 0.1) is 0 Å². The van der Waals surface area contributed by atoms with Gasteiger partial charge in [-0.15, -0.1) is 24.0 Å². The summed E-state index contributed by atoms with van der Waals surface area (Å²) in [5.74, 6) is 0.996. The van der Waals surface area contributed by atoms with Crippen LogP contribution in [0, 0.1) is 0 Å². The minimum atomic E-state index is -2.83. The molecule has 0 atom stereocenters. The maximum absolute atomic E-state index is 12.5. The summed E-state index contributed by atoms with van der Waals surface area (Å²) in [6.07, 6.45) is 1.19. The molecule has 0 saturated heterocycles. The van der Waals surface area contributed by atoms with E-state index < -0.39 is 6.61 Å². The molecule has 1 aliphatic rings. The Balaban J connectivity index is 0.00000363. The lowest BCUT2D eigenvalue weighted by atomic mass is 10.1. The number of fused-ring (bicyclic) bond motifs is 1. The Bertz CT molecular complexity index is 884. The van der Waals surface area contributed by atoms with Crippen molar-refractivity contribution in [3.63, 3.8) is 0 Å². The Hall–Kier alpha value is -2.43. The highest BCUT2D eigenvalue weighted by Crippen LogP contribution is 2.23. The van der Waals surface area contributed by atoms with Crippen molar-refractivity contribution in [2.45, 2.75) is 39.1 Å². The van der Waals surface area contributed by atoms with Gasteiger partial charge in [-0.2, -0.15) is 8.78 Å². The lowest BCUT2D eigenvalue weighted by Crippen LogP contribution is -2.39. The van der Waals surface area contributed by atoms with Crippen LogP contribution in [0.1, 0.15) is 29.5 Å². The fraction of sp³-hybridized carbons (Fsp3) is 0.391. The number of carbonyl (C=O) groups is 1. The number of aliphatic imine (C=N–C) groups is 1. The third kappa shape index (κ3) is 7.32. The Morgan fingerprint density at radius 2 is 1.78 bits per heavy atom. The molecule has 9 heteroatoms. The van der Waals surface area contributed by atoms with Crippen molar-refractivity contribution in [1.29, 1.82) is 0 Å². The zero-order valence-electron chi connectivity index (χ0n) is 18.3. The summed E-state index contributed by atoms with van der Waals surface area (Å²) in [5, 5.41) is 3.27. The molecule has 1 N–H and O–H groups in total. The predicted octanol–water partition coefficient (Wildman–Crippen LogP) is 4.24. The van der Waals surface area contributed by atoms with E-state index in [4.69, 9.17) is 0 Å². The number of alkyl halides is 2. The van der Waals surface area contributed by atoms with E-state index in [1.165, 1.54) is 23.3 Å². The molecule has 1 aliphatic heterocycles. The summed E-state index contributed by atoms with van der Waals surface area (Å²) >= 11 is 0. The first-order valence-electron chi connectivity index (χ1n) is 10.3. The molecule has 2 aromatic rings. The van der Waals surface area contributed by atoms with Crippen LogP contribution in [0.4, 0.5) is 8.78 Å². The molecule has 0 fully saturated rings. The van der Waals surface area contributed by atoms with Crippen LogP contribution in [0.15, 0.2) is 53.5 Å². The van der Waals surface area contributed by atoms with E-state index in [9.17, 15) is 13.6 Å². The summed E-state index contributed by atoms with van der Waals surface area (Å²) in [5.41, 5.74) is 3.39. The molecule has 2 aromatic carbocycles. The van der Waals surface area contributed by atoms with E-state index in [0.717, 1.165) is 5.56 Å². The van der Waals surface area contributed by atoms with E-state index >= 15 is 0 Å². The third-order valence-electron chi connectivity index (χ3n) is 5.19. The highest BCUT2D eigenvalue weighted by atomic mass is 127. The first-order chi connectivity index (χ1) is 15.0. The molecule has 1 heterocycles. The Labute approximate surface area is 204 Å². The molecule has 0 aliphatic carbocycles. The normalized spacial score (nSPS) is 12.9. The van der Waals surface area contributed by atoms with Crippen LogP contribution in [0.5, 0.6) is 5.75 Å². The van der Waals surface area contributed by atoms with Crippen molar-refractivity contribution in [3.8, 4) is 5.75 Å². The van der Waals surface area contributed by atoms with Crippen molar-refractivity contribution in [1.82, 2.24) is 15.1 Å². The highest BCUT2D eigenvalue weighted by Gasteiger charge is 2.22. The second-order valence-corrected chi connectivity index (χ2v) is 7.47. The van der Waals surface area contributed by atoms with Crippen molar-refractivity contribution < 1.29 is 18.3 Å². The molecule has 1 amide bonds.